The van der Waals surface area contributed by atoms with Crippen LogP contribution in [0.25, 0.3) is 0 Å². The molecule has 0 atom stereocenters. The lowest BCUT2D eigenvalue weighted by molar-refractivity contribution is 0.711. The molecule has 7 nitrogen and oxygen atoms in total. The van der Waals surface area contributed by atoms with Gasteiger partial charge >= 0.3 is 0 Å². The third kappa shape index (κ3) is 4.44. The van der Waals surface area contributed by atoms with Gasteiger partial charge in [0.05, 0.1) is 5.71 Å². The highest BCUT2D eigenvalue weighted by atomic mass is 15.4. The summed E-state index contributed by atoms with van der Waals surface area (Å²) in [6.07, 6.45) is 10.3. The van der Waals surface area contributed by atoms with Crippen LogP contribution in [0.2, 0.25) is 0 Å². The molecule has 1 heterocycles. The van der Waals surface area contributed by atoms with Crippen LogP contribution in [0.1, 0.15) is 54.4 Å². The van der Waals surface area contributed by atoms with Crippen molar-refractivity contribution < 1.29 is 0 Å². The number of aromatic nitrogens is 3. The summed E-state index contributed by atoms with van der Waals surface area (Å²) < 4.78 is 1.32. The van der Waals surface area contributed by atoms with Gasteiger partial charge in [-0.1, -0.05) is 36.8 Å². The van der Waals surface area contributed by atoms with E-state index in [1.165, 1.54) is 40.6 Å². The van der Waals surface area contributed by atoms with Gasteiger partial charge in [-0.15, -0.1) is 5.10 Å². The van der Waals surface area contributed by atoms with E-state index < -0.39 is 0 Å². The maximum atomic E-state index is 8.67. The van der Waals surface area contributed by atoms with Crippen molar-refractivity contribution in [1.29, 1.82) is 10.8 Å². The van der Waals surface area contributed by atoms with E-state index >= 15 is 0 Å². The summed E-state index contributed by atoms with van der Waals surface area (Å²) in [5.41, 5.74) is 13.3. The van der Waals surface area contributed by atoms with Gasteiger partial charge in [0.1, 0.15) is 5.84 Å². The summed E-state index contributed by atoms with van der Waals surface area (Å²) in [6, 6.07) is 14.4. The van der Waals surface area contributed by atoms with Crippen LogP contribution in [-0.4, -0.2) is 26.3 Å². The molecule has 5 N–H and O–H groups in total. The Kier molecular flexibility index (Phi) is 5.77. The van der Waals surface area contributed by atoms with Crippen molar-refractivity contribution in [2.24, 2.45) is 0 Å². The van der Waals surface area contributed by atoms with Crippen molar-refractivity contribution in [1.82, 2.24) is 14.8 Å². The smallest absolute Gasteiger partial charge is 0.248 e. The average molecular weight is 440 g/mol. The van der Waals surface area contributed by atoms with Crippen molar-refractivity contribution >= 4 is 29.1 Å². The largest absolute Gasteiger partial charge is 0.368 e. The van der Waals surface area contributed by atoms with Crippen molar-refractivity contribution in [2.45, 2.75) is 51.4 Å². The lowest BCUT2D eigenvalue weighted by Crippen LogP contribution is -2.15. The van der Waals surface area contributed by atoms with Crippen LogP contribution in [-0.2, 0) is 19.3 Å². The Labute approximate surface area is 193 Å². The van der Waals surface area contributed by atoms with Gasteiger partial charge in [0.15, 0.2) is 0 Å². The molecule has 0 saturated carbocycles. The highest BCUT2D eigenvalue weighted by molar-refractivity contribution is 6.14. The second-order valence-corrected chi connectivity index (χ2v) is 8.82. The normalized spacial score (nSPS) is 17.1. The van der Waals surface area contributed by atoms with Crippen molar-refractivity contribution in [2.75, 3.05) is 11.1 Å². The van der Waals surface area contributed by atoms with Crippen LogP contribution < -0.4 is 11.1 Å². The number of nitrogens with zero attached hydrogens (tertiary/aromatic N) is 3. The predicted molar refractivity (Wildman–Crippen MR) is 133 cm³/mol. The quantitative estimate of drug-likeness (QED) is 0.260. The molecule has 5 rings (SSSR count). The number of fused-ring (bicyclic) bond motifs is 2. The van der Waals surface area contributed by atoms with E-state index in [2.05, 4.69) is 39.7 Å². The molecule has 1 aromatic heterocycles. The Hall–Kier alpha value is -3.74. The number of allylic oxidation sites excluding steroid dienone is 2. The Morgan fingerprint density at radius 3 is 2.61 bits per heavy atom. The van der Waals surface area contributed by atoms with Gasteiger partial charge in [-0.2, -0.15) is 9.67 Å². The molecule has 2 aromatic carbocycles. The number of benzene rings is 2. The van der Waals surface area contributed by atoms with Crippen LogP contribution in [0.3, 0.4) is 0 Å². The topological polar surface area (TPSA) is 116 Å². The Balaban J connectivity index is 1.36. The molecule has 168 valence electrons. The van der Waals surface area contributed by atoms with E-state index in [0.717, 1.165) is 48.9 Å². The molecule has 0 radical (unpaired) electrons. The van der Waals surface area contributed by atoms with Gasteiger partial charge in [0, 0.05) is 11.3 Å². The third-order valence-electron chi connectivity index (χ3n) is 6.53. The molecule has 0 aliphatic heterocycles. The van der Waals surface area contributed by atoms with Crippen molar-refractivity contribution in [3.8, 4) is 0 Å². The molecule has 0 unspecified atom stereocenters. The zero-order valence-corrected chi connectivity index (χ0v) is 18.7. The Morgan fingerprint density at radius 2 is 1.73 bits per heavy atom. The number of hydrogen-bond donors (Lipinski definition) is 4. The molecule has 0 bridgehead atoms. The second-order valence-electron chi connectivity index (χ2n) is 8.82. The van der Waals surface area contributed by atoms with Crippen LogP contribution in [0.4, 0.5) is 17.6 Å². The highest BCUT2D eigenvalue weighted by Gasteiger charge is 2.18. The number of hydrogen-bond acceptors (Lipinski definition) is 6. The van der Waals surface area contributed by atoms with E-state index in [1.54, 1.807) is 6.08 Å². The zero-order chi connectivity index (χ0) is 22.8. The van der Waals surface area contributed by atoms with Gasteiger partial charge in [0.2, 0.25) is 11.9 Å². The summed E-state index contributed by atoms with van der Waals surface area (Å²) in [7, 11) is 0. The van der Waals surface area contributed by atoms with Gasteiger partial charge in [-0.3, -0.25) is 10.8 Å². The van der Waals surface area contributed by atoms with Crippen molar-refractivity contribution in [3.05, 3.63) is 76.4 Å². The van der Waals surface area contributed by atoms with Gasteiger partial charge in [-0.05, 0) is 85.4 Å². The van der Waals surface area contributed by atoms with E-state index in [4.69, 9.17) is 16.6 Å². The summed E-state index contributed by atoms with van der Waals surface area (Å²) in [6.45, 7) is 0. The standard InChI is InChI=1S/C26H29N7/c27-23(16-20-11-6-10-18-8-4-5-12-22(18)24(20)28)33-25(29)31-26(32-33)30-21-14-13-17-7-2-1-3-9-19(17)15-21/h4-5,8,12-16,27-28H,1-3,6-7,9-11H2,(H3,29,30,31,32)/b20-16-,27-23?,28-24?. The minimum absolute atomic E-state index is 0.106. The van der Waals surface area contributed by atoms with Crippen LogP contribution in [0.5, 0.6) is 0 Å². The summed E-state index contributed by atoms with van der Waals surface area (Å²) in [4.78, 5) is 4.32. The highest BCUT2D eigenvalue weighted by Crippen LogP contribution is 2.26. The fourth-order valence-electron chi connectivity index (χ4n) is 4.79. The predicted octanol–water partition coefficient (Wildman–Crippen LogP) is 5.03. The first kappa shape index (κ1) is 21.1. The Bertz CT molecular complexity index is 1250. The SMILES string of the molecule is N=C1/C(=C\C(=N)n2nc(Nc3ccc4c(c3)CCCCC4)nc2N)CCCc2ccccc21. The molecule has 0 fully saturated rings. The molecular formula is C26H29N7. The lowest BCUT2D eigenvalue weighted by atomic mass is 9.99. The molecule has 2 aliphatic carbocycles. The second kappa shape index (κ2) is 9.02. The van der Waals surface area contributed by atoms with E-state index in [1.807, 2.05) is 18.2 Å². The molecule has 3 aromatic rings. The number of nitrogen functional groups attached to an aromatic ring is 1. The van der Waals surface area contributed by atoms with Crippen LogP contribution >= 0.6 is 0 Å². The molecule has 0 saturated heterocycles. The van der Waals surface area contributed by atoms with Gasteiger partial charge < -0.3 is 11.1 Å². The molecule has 33 heavy (non-hydrogen) atoms. The fourth-order valence-corrected chi connectivity index (χ4v) is 4.79. The zero-order valence-electron chi connectivity index (χ0n) is 18.7. The van der Waals surface area contributed by atoms with Gasteiger partial charge in [-0.25, -0.2) is 0 Å². The van der Waals surface area contributed by atoms with E-state index in [9.17, 15) is 0 Å². The van der Waals surface area contributed by atoms with Crippen LogP contribution in [0, 0.1) is 10.8 Å². The monoisotopic (exact) mass is 439 g/mol. The first-order valence-electron chi connectivity index (χ1n) is 11.7. The number of rotatable bonds is 3. The van der Waals surface area contributed by atoms with Crippen molar-refractivity contribution in [3.63, 3.8) is 0 Å². The summed E-state index contributed by atoms with van der Waals surface area (Å²) in [5, 5.41) is 24.9. The maximum absolute atomic E-state index is 8.67. The van der Waals surface area contributed by atoms with E-state index in [0.29, 0.717) is 11.7 Å². The molecule has 0 spiro atoms. The number of anilines is 3. The minimum Gasteiger partial charge on any atom is -0.368 e. The first-order valence-corrected chi connectivity index (χ1v) is 11.7. The maximum Gasteiger partial charge on any atom is 0.248 e. The summed E-state index contributed by atoms with van der Waals surface area (Å²) in [5.74, 6) is 0.620. The molecule has 7 heteroatoms. The Morgan fingerprint density at radius 1 is 0.939 bits per heavy atom. The lowest BCUT2D eigenvalue weighted by Gasteiger charge is -2.09. The number of aryl methyl sites for hydroxylation is 3. The number of nitrogens with two attached hydrogens (primary N) is 1. The first-order chi connectivity index (χ1) is 16.1. The van der Waals surface area contributed by atoms with Crippen LogP contribution in [0.15, 0.2) is 54.1 Å². The fraction of sp³-hybridized carbons (Fsp3) is 0.308. The number of nitrogens with one attached hydrogen (secondary N) is 3. The minimum atomic E-state index is 0.106. The third-order valence-corrected chi connectivity index (χ3v) is 6.53. The average Bonchev–Trinajstić information content (AvgIpc) is 2.96. The van der Waals surface area contributed by atoms with Gasteiger partial charge in [0.25, 0.3) is 0 Å². The molecule has 2 aliphatic rings. The van der Waals surface area contributed by atoms with E-state index in [-0.39, 0.29) is 11.8 Å². The molecular weight excluding hydrogens is 410 g/mol. The summed E-state index contributed by atoms with van der Waals surface area (Å²) >= 11 is 0. The molecule has 0 amide bonds.